The van der Waals surface area contributed by atoms with Gasteiger partial charge in [0.1, 0.15) is 0 Å². The molecule has 134 valence electrons. The van der Waals surface area contributed by atoms with Gasteiger partial charge in [0.05, 0.1) is 6.42 Å². The van der Waals surface area contributed by atoms with E-state index >= 15 is 0 Å². The van der Waals surface area contributed by atoms with Crippen molar-refractivity contribution in [2.45, 2.75) is 33.2 Å². The van der Waals surface area contributed by atoms with Crippen molar-refractivity contribution in [2.75, 3.05) is 6.54 Å². The topological polar surface area (TPSA) is 77.1 Å². The van der Waals surface area contributed by atoms with Crippen LogP contribution in [0.5, 0.6) is 0 Å². The first-order valence-electron chi connectivity index (χ1n) is 8.70. The van der Waals surface area contributed by atoms with Crippen molar-refractivity contribution in [1.82, 2.24) is 24.8 Å². The minimum Gasteiger partial charge on any atom is -0.338 e. The molecule has 7 nitrogen and oxygen atoms in total. The quantitative estimate of drug-likeness (QED) is 0.723. The molecule has 7 heteroatoms. The van der Waals surface area contributed by atoms with Crippen molar-refractivity contribution in [2.24, 2.45) is 7.05 Å². The number of benzene rings is 1. The summed E-state index contributed by atoms with van der Waals surface area (Å²) in [6, 6.07) is 8.10. The van der Waals surface area contributed by atoms with E-state index in [1.807, 2.05) is 47.8 Å². The molecule has 0 saturated heterocycles. The Kier molecular flexibility index (Phi) is 4.06. The van der Waals surface area contributed by atoms with Crippen LogP contribution in [0.1, 0.15) is 28.2 Å². The second-order valence-electron chi connectivity index (χ2n) is 6.77. The van der Waals surface area contributed by atoms with Gasteiger partial charge in [0.2, 0.25) is 5.91 Å². The van der Waals surface area contributed by atoms with Crippen LogP contribution in [-0.4, -0.2) is 37.3 Å². The van der Waals surface area contributed by atoms with E-state index in [4.69, 9.17) is 4.52 Å². The normalized spacial score (nSPS) is 13.7. The van der Waals surface area contributed by atoms with Crippen molar-refractivity contribution in [3.8, 4) is 11.6 Å². The van der Waals surface area contributed by atoms with Crippen LogP contribution in [0.3, 0.4) is 0 Å². The first-order chi connectivity index (χ1) is 12.5. The second-order valence-corrected chi connectivity index (χ2v) is 6.77. The van der Waals surface area contributed by atoms with Crippen molar-refractivity contribution in [3.05, 3.63) is 52.5 Å². The molecule has 0 saturated carbocycles. The molecule has 26 heavy (non-hydrogen) atoms. The minimum absolute atomic E-state index is 0.121. The second kappa shape index (κ2) is 6.40. The van der Waals surface area contributed by atoms with Crippen LogP contribution < -0.4 is 0 Å². The van der Waals surface area contributed by atoms with Crippen LogP contribution in [-0.2, 0) is 31.2 Å². The zero-order valence-corrected chi connectivity index (χ0v) is 15.2. The highest BCUT2D eigenvalue weighted by molar-refractivity contribution is 5.79. The summed E-state index contributed by atoms with van der Waals surface area (Å²) in [5.74, 6) is 1.10. The SMILES string of the molecule is Cc1ccc(CC(=O)N2CCc3c(c(-c4nc(C)no4)nn3C)C2)cc1. The van der Waals surface area contributed by atoms with E-state index in [9.17, 15) is 4.79 Å². The van der Waals surface area contributed by atoms with Crippen LogP contribution >= 0.6 is 0 Å². The summed E-state index contributed by atoms with van der Waals surface area (Å²) in [5, 5.41) is 8.40. The highest BCUT2D eigenvalue weighted by Crippen LogP contribution is 2.29. The van der Waals surface area contributed by atoms with Crippen molar-refractivity contribution in [3.63, 3.8) is 0 Å². The summed E-state index contributed by atoms with van der Waals surface area (Å²) in [4.78, 5) is 18.9. The van der Waals surface area contributed by atoms with E-state index in [0.717, 1.165) is 23.2 Å². The number of hydrogen-bond acceptors (Lipinski definition) is 5. The monoisotopic (exact) mass is 351 g/mol. The molecule has 2 aromatic heterocycles. The van der Waals surface area contributed by atoms with Crippen LogP contribution in [0, 0.1) is 13.8 Å². The Labute approximate surface area is 151 Å². The maximum absolute atomic E-state index is 12.8. The van der Waals surface area contributed by atoms with Gasteiger partial charge in [-0.3, -0.25) is 9.48 Å². The fourth-order valence-electron chi connectivity index (χ4n) is 3.36. The molecule has 3 heterocycles. The Balaban J connectivity index is 1.57. The van der Waals surface area contributed by atoms with E-state index < -0.39 is 0 Å². The predicted molar refractivity (Wildman–Crippen MR) is 95.2 cm³/mol. The molecular formula is C19H21N5O2. The zero-order valence-electron chi connectivity index (χ0n) is 15.2. The molecule has 1 aliphatic heterocycles. The fraction of sp³-hybridized carbons (Fsp3) is 0.368. The van der Waals surface area contributed by atoms with Crippen molar-refractivity contribution >= 4 is 5.91 Å². The molecule has 0 fully saturated rings. The molecule has 1 amide bonds. The van der Waals surface area contributed by atoms with E-state index in [1.54, 1.807) is 6.92 Å². The predicted octanol–water partition coefficient (Wildman–Crippen LogP) is 2.21. The molecular weight excluding hydrogens is 330 g/mol. The molecule has 1 aliphatic rings. The highest BCUT2D eigenvalue weighted by atomic mass is 16.5. The van der Waals surface area contributed by atoms with Gasteiger partial charge in [0.25, 0.3) is 5.89 Å². The Morgan fingerprint density at radius 1 is 1.23 bits per heavy atom. The number of hydrogen-bond donors (Lipinski definition) is 0. The van der Waals surface area contributed by atoms with Gasteiger partial charge in [-0.1, -0.05) is 35.0 Å². The Hall–Kier alpha value is -2.96. The van der Waals surface area contributed by atoms with Crippen LogP contribution in [0.15, 0.2) is 28.8 Å². The van der Waals surface area contributed by atoms with E-state index in [2.05, 4.69) is 15.2 Å². The lowest BCUT2D eigenvalue weighted by molar-refractivity contribution is -0.131. The number of aryl methyl sites for hydroxylation is 3. The largest absolute Gasteiger partial charge is 0.338 e. The average Bonchev–Trinajstić information content (AvgIpc) is 3.20. The number of amides is 1. The third kappa shape index (κ3) is 3.00. The number of fused-ring (bicyclic) bond motifs is 1. The molecule has 1 aromatic carbocycles. The molecule has 3 aromatic rings. The summed E-state index contributed by atoms with van der Waals surface area (Å²) in [6.07, 6.45) is 1.18. The van der Waals surface area contributed by atoms with Gasteiger partial charge in [-0.25, -0.2) is 0 Å². The Morgan fingerprint density at radius 3 is 2.69 bits per heavy atom. The van der Waals surface area contributed by atoms with E-state index in [1.165, 1.54) is 5.56 Å². The number of aromatic nitrogens is 4. The standard InChI is InChI=1S/C19H21N5O2/c1-12-4-6-14(7-5-12)10-17(25)24-9-8-16-15(11-24)18(21-23(16)3)19-20-13(2)22-26-19/h4-7H,8-11H2,1-3H3. The molecule has 0 unspecified atom stereocenters. The molecule has 0 atom stereocenters. The summed E-state index contributed by atoms with van der Waals surface area (Å²) in [6.45, 7) is 5.03. The van der Waals surface area contributed by atoms with Crippen LogP contribution in [0.2, 0.25) is 0 Å². The molecule has 0 N–H and O–H groups in total. The molecule has 0 aliphatic carbocycles. The third-order valence-electron chi connectivity index (χ3n) is 4.80. The Morgan fingerprint density at radius 2 is 2.00 bits per heavy atom. The number of nitrogens with zero attached hydrogens (tertiary/aromatic N) is 5. The smallest absolute Gasteiger partial charge is 0.278 e. The zero-order chi connectivity index (χ0) is 18.3. The van der Waals surface area contributed by atoms with Crippen LogP contribution in [0.4, 0.5) is 0 Å². The lowest BCUT2D eigenvalue weighted by Crippen LogP contribution is -2.37. The summed E-state index contributed by atoms with van der Waals surface area (Å²) >= 11 is 0. The highest BCUT2D eigenvalue weighted by Gasteiger charge is 2.29. The summed E-state index contributed by atoms with van der Waals surface area (Å²) in [7, 11) is 1.91. The van der Waals surface area contributed by atoms with E-state index in [-0.39, 0.29) is 5.91 Å². The summed E-state index contributed by atoms with van der Waals surface area (Å²) in [5.41, 5.74) is 5.02. The number of carbonyl (C=O) groups is 1. The lowest BCUT2D eigenvalue weighted by atomic mass is 10.0. The minimum atomic E-state index is 0.121. The number of rotatable bonds is 3. The lowest BCUT2D eigenvalue weighted by Gasteiger charge is -2.27. The van der Waals surface area contributed by atoms with Gasteiger partial charge in [0, 0.05) is 37.8 Å². The molecule has 4 rings (SSSR count). The van der Waals surface area contributed by atoms with Gasteiger partial charge < -0.3 is 9.42 Å². The fourth-order valence-corrected chi connectivity index (χ4v) is 3.36. The van der Waals surface area contributed by atoms with E-state index in [0.29, 0.717) is 36.9 Å². The van der Waals surface area contributed by atoms with Gasteiger partial charge >= 0.3 is 0 Å². The van der Waals surface area contributed by atoms with Crippen molar-refractivity contribution < 1.29 is 9.32 Å². The van der Waals surface area contributed by atoms with Gasteiger partial charge in [0.15, 0.2) is 11.5 Å². The average molecular weight is 351 g/mol. The molecule has 0 spiro atoms. The van der Waals surface area contributed by atoms with Crippen LogP contribution in [0.25, 0.3) is 11.6 Å². The molecule has 0 radical (unpaired) electrons. The first-order valence-corrected chi connectivity index (χ1v) is 8.70. The van der Waals surface area contributed by atoms with Gasteiger partial charge in [-0.2, -0.15) is 10.1 Å². The number of carbonyl (C=O) groups excluding carboxylic acids is 1. The van der Waals surface area contributed by atoms with Gasteiger partial charge in [-0.05, 0) is 19.4 Å². The summed E-state index contributed by atoms with van der Waals surface area (Å²) < 4.78 is 7.15. The van der Waals surface area contributed by atoms with Crippen molar-refractivity contribution in [1.29, 1.82) is 0 Å². The maximum atomic E-state index is 12.8. The Bertz CT molecular complexity index is 955. The maximum Gasteiger partial charge on any atom is 0.278 e. The molecule has 0 bridgehead atoms. The third-order valence-corrected chi connectivity index (χ3v) is 4.80. The first kappa shape index (κ1) is 16.5. The van der Waals surface area contributed by atoms with Gasteiger partial charge in [-0.15, -0.1) is 0 Å².